The van der Waals surface area contributed by atoms with E-state index in [1.54, 1.807) is 5.57 Å². The molecule has 0 aromatic rings. The van der Waals surface area contributed by atoms with Crippen LogP contribution in [0.2, 0.25) is 0 Å². The second-order valence-electron chi connectivity index (χ2n) is 8.46. The summed E-state index contributed by atoms with van der Waals surface area (Å²) in [6.07, 6.45) is 10.2. The molecule has 0 spiro atoms. The van der Waals surface area contributed by atoms with Gasteiger partial charge in [-0.1, -0.05) is 48.2 Å². The third kappa shape index (κ3) is 3.93. The van der Waals surface area contributed by atoms with Crippen molar-refractivity contribution in [2.24, 2.45) is 23.2 Å². The summed E-state index contributed by atoms with van der Waals surface area (Å²) in [4.78, 5) is 2.22. The van der Waals surface area contributed by atoms with Crippen molar-refractivity contribution < 1.29 is 5.11 Å². The van der Waals surface area contributed by atoms with Crippen molar-refractivity contribution in [3.05, 3.63) is 10.6 Å². The minimum absolute atomic E-state index is 0.501. The van der Waals surface area contributed by atoms with Crippen molar-refractivity contribution in [2.75, 3.05) is 0 Å². The lowest BCUT2D eigenvalue weighted by atomic mass is 9.61. The van der Waals surface area contributed by atoms with Crippen LogP contribution in [0.1, 0.15) is 79.1 Å². The summed E-state index contributed by atoms with van der Waals surface area (Å²) in [7, 11) is 0. The molecule has 1 nitrogen and oxygen atoms in total. The van der Waals surface area contributed by atoms with Gasteiger partial charge in [-0.25, -0.2) is 0 Å². The quantitative estimate of drug-likeness (QED) is 0.634. The molecular weight excluding hydrogens is 324 g/mol. The summed E-state index contributed by atoms with van der Waals surface area (Å²) >= 11 is 3.60. The largest absolute Gasteiger partial charge is 0.390 e. The van der Waals surface area contributed by atoms with E-state index in [1.807, 2.05) is 13.8 Å². The Hall–Kier alpha value is 0.180. The van der Waals surface area contributed by atoms with Gasteiger partial charge in [0.1, 0.15) is 0 Å². The molecule has 2 saturated carbocycles. The first-order chi connectivity index (χ1) is 9.78. The van der Waals surface area contributed by atoms with Crippen LogP contribution in [0.5, 0.6) is 0 Å². The molecule has 0 aliphatic heterocycles. The molecule has 0 heterocycles. The number of hydrogen-bond acceptors (Lipinski definition) is 1. The average molecular weight is 357 g/mol. The van der Waals surface area contributed by atoms with Crippen LogP contribution in [0.25, 0.3) is 0 Å². The summed E-state index contributed by atoms with van der Waals surface area (Å²) in [5, 5.41) is 9.89. The minimum atomic E-state index is -0.501. The molecule has 2 aliphatic rings. The fourth-order valence-corrected chi connectivity index (χ4v) is 5.75. The van der Waals surface area contributed by atoms with E-state index in [2.05, 4.69) is 34.8 Å². The van der Waals surface area contributed by atoms with E-state index in [1.165, 1.54) is 38.5 Å². The number of aliphatic hydroxyl groups is 1. The van der Waals surface area contributed by atoms with Gasteiger partial charge in [-0.2, -0.15) is 0 Å². The van der Waals surface area contributed by atoms with E-state index < -0.39 is 5.60 Å². The third-order valence-electron chi connectivity index (χ3n) is 6.31. The number of hydrogen-bond donors (Lipinski definition) is 1. The second-order valence-corrected chi connectivity index (χ2v) is 8.92. The maximum atomic E-state index is 9.89. The highest BCUT2D eigenvalue weighted by Crippen LogP contribution is 2.59. The van der Waals surface area contributed by atoms with Crippen LogP contribution in [0.15, 0.2) is 10.6 Å². The SMILES string of the molecule is C[C@H](CCCC(C)(C)O)C1CCC2/C(=C\Br)CCC[C@@]21C. The summed E-state index contributed by atoms with van der Waals surface area (Å²) in [6, 6.07) is 0. The molecule has 2 unspecified atom stereocenters. The van der Waals surface area contributed by atoms with Gasteiger partial charge < -0.3 is 5.11 Å². The molecule has 0 aromatic carbocycles. The van der Waals surface area contributed by atoms with Crippen molar-refractivity contribution >= 4 is 15.9 Å². The highest BCUT2D eigenvalue weighted by molar-refractivity contribution is 9.11. The lowest BCUT2D eigenvalue weighted by Gasteiger charge is -2.44. The third-order valence-corrected chi connectivity index (χ3v) is 6.90. The Bertz CT molecular complexity index is 382. The monoisotopic (exact) mass is 356 g/mol. The Balaban J connectivity index is 1.97. The lowest BCUT2D eigenvalue weighted by Crippen LogP contribution is -2.36. The molecule has 4 atom stereocenters. The van der Waals surface area contributed by atoms with Crippen molar-refractivity contribution in [3.63, 3.8) is 0 Å². The molecule has 0 radical (unpaired) electrons. The van der Waals surface area contributed by atoms with Gasteiger partial charge in [0.05, 0.1) is 5.60 Å². The molecular formula is C19H33BrO. The molecule has 122 valence electrons. The van der Waals surface area contributed by atoms with Gasteiger partial charge in [-0.3, -0.25) is 0 Å². The molecule has 0 saturated heterocycles. The maximum Gasteiger partial charge on any atom is 0.0591 e. The van der Waals surface area contributed by atoms with Crippen molar-refractivity contribution in [1.82, 2.24) is 0 Å². The molecule has 2 rings (SSSR count). The van der Waals surface area contributed by atoms with Crippen molar-refractivity contribution in [2.45, 2.75) is 84.7 Å². The zero-order valence-electron chi connectivity index (χ0n) is 14.3. The Kier molecular flexibility index (Phi) is 5.63. The van der Waals surface area contributed by atoms with Crippen LogP contribution >= 0.6 is 15.9 Å². The molecule has 2 heteroatoms. The number of halogens is 1. The zero-order valence-corrected chi connectivity index (χ0v) is 15.9. The molecule has 2 aliphatic carbocycles. The summed E-state index contributed by atoms with van der Waals surface area (Å²) in [5.74, 6) is 2.47. The zero-order chi connectivity index (χ0) is 15.7. The van der Waals surface area contributed by atoms with Gasteiger partial charge in [0.2, 0.25) is 0 Å². The molecule has 0 bridgehead atoms. The molecule has 21 heavy (non-hydrogen) atoms. The minimum Gasteiger partial charge on any atom is -0.390 e. The smallest absolute Gasteiger partial charge is 0.0591 e. The topological polar surface area (TPSA) is 20.2 Å². The van der Waals surface area contributed by atoms with E-state index in [4.69, 9.17) is 0 Å². The van der Waals surface area contributed by atoms with E-state index in [-0.39, 0.29) is 0 Å². The fraction of sp³-hybridized carbons (Fsp3) is 0.895. The Morgan fingerprint density at radius 3 is 2.76 bits per heavy atom. The van der Waals surface area contributed by atoms with E-state index in [0.717, 1.165) is 30.6 Å². The predicted molar refractivity (Wildman–Crippen MR) is 94.5 cm³/mol. The predicted octanol–water partition coefficient (Wildman–Crippen LogP) is 6.06. The summed E-state index contributed by atoms with van der Waals surface area (Å²) < 4.78 is 0. The van der Waals surface area contributed by atoms with Crippen molar-refractivity contribution in [3.8, 4) is 0 Å². The Morgan fingerprint density at radius 1 is 1.43 bits per heavy atom. The van der Waals surface area contributed by atoms with Gasteiger partial charge in [-0.05, 0) is 80.5 Å². The molecule has 0 aromatic heterocycles. The first-order valence-corrected chi connectivity index (χ1v) is 9.71. The Morgan fingerprint density at radius 2 is 2.14 bits per heavy atom. The van der Waals surface area contributed by atoms with Crippen LogP contribution in [-0.4, -0.2) is 10.7 Å². The van der Waals surface area contributed by atoms with Crippen LogP contribution in [0.3, 0.4) is 0 Å². The van der Waals surface area contributed by atoms with Gasteiger partial charge >= 0.3 is 0 Å². The highest BCUT2D eigenvalue weighted by Gasteiger charge is 2.50. The average Bonchev–Trinajstić information content (AvgIpc) is 2.73. The first-order valence-electron chi connectivity index (χ1n) is 8.79. The normalized spacial score (nSPS) is 36.8. The van der Waals surface area contributed by atoms with Gasteiger partial charge in [0, 0.05) is 0 Å². The van der Waals surface area contributed by atoms with Crippen LogP contribution in [-0.2, 0) is 0 Å². The first kappa shape index (κ1) is 17.5. The van der Waals surface area contributed by atoms with E-state index >= 15 is 0 Å². The van der Waals surface area contributed by atoms with Gasteiger partial charge in [0.15, 0.2) is 0 Å². The lowest BCUT2D eigenvalue weighted by molar-refractivity contribution is 0.0597. The summed E-state index contributed by atoms with van der Waals surface area (Å²) in [5.41, 5.74) is 1.68. The second kappa shape index (κ2) is 6.74. The Labute approximate surface area is 139 Å². The number of allylic oxidation sites excluding steroid dienone is 1. The van der Waals surface area contributed by atoms with E-state index in [0.29, 0.717) is 5.41 Å². The van der Waals surface area contributed by atoms with Gasteiger partial charge in [-0.15, -0.1) is 0 Å². The van der Waals surface area contributed by atoms with Crippen molar-refractivity contribution in [1.29, 1.82) is 0 Å². The van der Waals surface area contributed by atoms with Gasteiger partial charge in [0.25, 0.3) is 0 Å². The molecule has 2 fully saturated rings. The highest BCUT2D eigenvalue weighted by atomic mass is 79.9. The summed E-state index contributed by atoms with van der Waals surface area (Å²) in [6.45, 7) is 8.86. The maximum absolute atomic E-state index is 9.89. The van der Waals surface area contributed by atoms with Crippen LogP contribution in [0, 0.1) is 23.2 Å². The number of rotatable bonds is 5. The number of fused-ring (bicyclic) bond motifs is 1. The standard InChI is InChI=1S/C19H33BrO/c1-14(7-5-11-18(2,3)21)16-9-10-17-15(13-20)8-6-12-19(16,17)4/h13-14,16-17,21H,5-12H2,1-4H3/b15-13-/t14-,16?,17?,19-/m1/s1. The van der Waals surface area contributed by atoms with Crippen LogP contribution in [0.4, 0.5) is 0 Å². The van der Waals surface area contributed by atoms with Crippen LogP contribution < -0.4 is 0 Å². The van der Waals surface area contributed by atoms with E-state index in [9.17, 15) is 5.11 Å². The molecule has 1 N–H and O–H groups in total. The fourth-order valence-electron chi connectivity index (χ4n) is 5.20. The molecule has 0 amide bonds.